The number of likely N-dealkylation sites (tertiary alicyclic amines) is 1. The second-order valence-electron chi connectivity index (χ2n) is 8.14. The molecular formula is C21H28N2O3. The molecule has 0 bridgehead atoms. The zero-order chi connectivity index (χ0) is 18.3. The summed E-state index contributed by atoms with van der Waals surface area (Å²) in [5.41, 5.74) is 3.79. The van der Waals surface area contributed by atoms with E-state index in [-0.39, 0.29) is 17.6 Å². The molecule has 0 radical (unpaired) electrons. The van der Waals surface area contributed by atoms with Gasteiger partial charge in [-0.05, 0) is 75.0 Å². The van der Waals surface area contributed by atoms with Gasteiger partial charge >= 0.3 is 5.63 Å². The molecule has 2 saturated heterocycles. The van der Waals surface area contributed by atoms with Crippen LogP contribution in [-0.4, -0.2) is 42.3 Å². The molecule has 2 aliphatic heterocycles. The van der Waals surface area contributed by atoms with Crippen LogP contribution in [0.4, 0.5) is 0 Å². The van der Waals surface area contributed by atoms with Gasteiger partial charge in [0.1, 0.15) is 5.58 Å². The second kappa shape index (κ2) is 6.80. The molecule has 3 heterocycles. The van der Waals surface area contributed by atoms with Crippen molar-refractivity contribution in [1.82, 2.24) is 10.2 Å². The van der Waals surface area contributed by atoms with E-state index in [0.717, 1.165) is 62.0 Å². The van der Waals surface area contributed by atoms with Gasteiger partial charge < -0.3 is 14.8 Å². The Morgan fingerprint density at radius 1 is 1.27 bits per heavy atom. The van der Waals surface area contributed by atoms with Crippen LogP contribution in [0.3, 0.4) is 0 Å². The maximum absolute atomic E-state index is 12.0. The molecule has 0 saturated carbocycles. The van der Waals surface area contributed by atoms with E-state index in [1.54, 1.807) is 6.07 Å². The number of nitrogens with one attached hydrogen (secondary N) is 1. The van der Waals surface area contributed by atoms with Crippen molar-refractivity contribution in [3.05, 3.63) is 45.3 Å². The Labute approximate surface area is 154 Å². The third-order valence-electron chi connectivity index (χ3n) is 6.50. The number of aliphatic hydroxyl groups excluding tert-OH is 1. The molecular weight excluding hydrogens is 328 g/mol. The van der Waals surface area contributed by atoms with Crippen LogP contribution in [0.25, 0.3) is 11.0 Å². The van der Waals surface area contributed by atoms with E-state index >= 15 is 0 Å². The third kappa shape index (κ3) is 3.08. The topological polar surface area (TPSA) is 65.7 Å². The van der Waals surface area contributed by atoms with Crippen molar-refractivity contribution in [2.24, 2.45) is 5.41 Å². The minimum Gasteiger partial charge on any atom is -0.423 e. The molecule has 2 aromatic rings. The first-order valence-electron chi connectivity index (χ1n) is 9.61. The van der Waals surface area contributed by atoms with E-state index in [1.165, 1.54) is 5.56 Å². The highest BCUT2D eigenvalue weighted by atomic mass is 16.4. The van der Waals surface area contributed by atoms with Gasteiger partial charge in [0.25, 0.3) is 0 Å². The molecule has 1 aromatic carbocycles. The van der Waals surface area contributed by atoms with E-state index in [9.17, 15) is 9.90 Å². The Hall–Kier alpha value is -1.69. The van der Waals surface area contributed by atoms with Crippen LogP contribution in [0.5, 0.6) is 0 Å². The van der Waals surface area contributed by atoms with E-state index < -0.39 is 0 Å². The highest BCUT2D eigenvalue weighted by Gasteiger charge is 2.43. The summed E-state index contributed by atoms with van der Waals surface area (Å²) in [7, 11) is 0. The zero-order valence-electron chi connectivity index (χ0n) is 15.7. The van der Waals surface area contributed by atoms with Gasteiger partial charge in [0.2, 0.25) is 0 Å². The lowest BCUT2D eigenvalue weighted by molar-refractivity contribution is -0.0149. The van der Waals surface area contributed by atoms with Crippen molar-refractivity contribution in [3.63, 3.8) is 0 Å². The maximum Gasteiger partial charge on any atom is 0.336 e. The monoisotopic (exact) mass is 356 g/mol. The fourth-order valence-electron chi connectivity index (χ4n) is 4.66. The Kier molecular flexibility index (Phi) is 4.63. The van der Waals surface area contributed by atoms with Gasteiger partial charge in [-0.3, -0.25) is 4.90 Å². The molecule has 0 unspecified atom stereocenters. The fourth-order valence-corrected chi connectivity index (χ4v) is 4.66. The van der Waals surface area contributed by atoms with Crippen LogP contribution in [0.1, 0.15) is 36.0 Å². The highest BCUT2D eigenvalue weighted by molar-refractivity contribution is 5.81. The lowest BCUT2D eigenvalue weighted by atomic mass is 9.70. The Morgan fingerprint density at radius 3 is 2.88 bits per heavy atom. The molecule has 26 heavy (non-hydrogen) atoms. The summed E-state index contributed by atoms with van der Waals surface area (Å²) in [6.07, 6.45) is 3.24. The predicted molar refractivity (Wildman–Crippen MR) is 102 cm³/mol. The van der Waals surface area contributed by atoms with Crippen LogP contribution in [0.15, 0.2) is 27.4 Å². The highest BCUT2D eigenvalue weighted by Crippen LogP contribution is 2.38. The number of hydrogen-bond donors (Lipinski definition) is 2. The number of aryl methyl sites for hydroxylation is 2. The van der Waals surface area contributed by atoms with Crippen LogP contribution in [0, 0.1) is 19.3 Å². The number of piperidine rings is 2. The van der Waals surface area contributed by atoms with Crippen LogP contribution in [-0.2, 0) is 6.54 Å². The Balaban J connectivity index is 1.62. The smallest absolute Gasteiger partial charge is 0.336 e. The number of benzene rings is 1. The summed E-state index contributed by atoms with van der Waals surface area (Å²) in [5.74, 6) is 0. The van der Waals surface area contributed by atoms with Crippen LogP contribution < -0.4 is 10.9 Å². The van der Waals surface area contributed by atoms with Crippen molar-refractivity contribution in [2.45, 2.75) is 45.7 Å². The zero-order valence-corrected chi connectivity index (χ0v) is 15.7. The molecule has 140 valence electrons. The molecule has 4 rings (SSSR count). The van der Waals surface area contributed by atoms with Gasteiger partial charge in [-0.15, -0.1) is 0 Å². The lowest BCUT2D eigenvalue weighted by Gasteiger charge is -2.50. The molecule has 0 amide bonds. The average Bonchev–Trinajstić information content (AvgIpc) is 2.63. The number of nitrogens with zero attached hydrogens (tertiary/aromatic N) is 1. The lowest BCUT2D eigenvalue weighted by Crippen LogP contribution is -2.61. The predicted octanol–water partition coefficient (Wildman–Crippen LogP) is 2.35. The SMILES string of the molecule is Cc1cc2oc(=O)cc(CN3CC[C@@]4(CO)CCCN[C@@H]4C3)c2cc1C. The molecule has 0 aliphatic carbocycles. The minimum absolute atomic E-state index is 0.0280. The normalized spacial score (nSPS) is 26.8. The Morgan fingerprint density at radius 2 is 2.08 bits per heavy atom. The van der Waals surface area contributed by atoms with E-state index in [2.05, 4.69) is 23.2 Å². The van der Waals surface area contributed by atoms with E-state index in [4.69, 9.17) is 4.42 Å². The number of hydrogen-bond acceptors (Lipinski definition) is 5. The quantitative estimate of drug-likeness (QED) is 0.827. The summed E-state index contributed by atoms with van der Waals surface area (Å²) in [6, 6.07) is 6.05. The number of fused-ring (bicyclic) bond motifs is 2. The van der Waals surface area contributed by atoms with Gasteiger partial charge in [-0.2, -0.15) is 0 Å². The van der Waals surface area contributed by atoms with E-state index in [0.29, 0.717) is 11.6 Å². The summed E-state index contributed by atoms with van der Waals surface area (Å²) in [5, 5.41) is 14.6. The fraction of sp³-hybridized carbons (Fsp3) is 0.571. The largest absolute Gasteiger partial charge is 0.423 e. The van der Waals surface area contributed by atoms with Gasteiger partial charge in [0.15, 0.2) is 0 Å². The van der Waals surface area contributed by atoms with Gasteiger partial charge in [0.05, 0.1) is 6.61 Å². The average molecular weight is 356 g/mol. The summed E-state index contributed by atoms with van der Waals surface area (Å²) in [6.45, 7) is 8.01. The van der Waals surface area contributed by atoms with Crippen molar-refractivity contribution in [1.29, 1.82) is 0 Å². The van der Waals surface area contributed by atoms with Crippen molar-refractivity contribution in [3.8, 4) is 0 Å². The first-order chi connectivity index (χ1) is 12.5. The standard InChI is InChI=1S/C21H28N2O3/c1-14-8-17-16(10-20(25)26-18(17)9-15(14)2)11-23-7-5-21(13-24)4-3-6-22-19(21)12-23/h8-10,19,22,24H,3-7,11-13H2,1-2H3/t19-,21-/m1/s1. The third-order valence-corrected chi connectivity index (χ3v) is 6.50. The maximum atomic E-state index is 12.0. The first kappa shape index (κ1) is 17.7. The van der Waals surface area contributed by atoms with Gasteiger partial charge in [0, 0.05) is 36.0 Å². The molecule has 0 spiro atoms. The summed E-state index contributed by atoms with van der Waals surface area (Å²) in [4.78, 5) is 14.4. The molecule has 2 aliphatic rings. The Bertz CT molecular complexity index is 875. The molecule has 2 atom stereocenters. The molecule has 5 nitrogen and oxygen atoms in total. The van der Waals surface area contributed by atoms with Gasteiger partial charge in [-0.1, -0.05) is 0 Å². The summed E-state index contributed by atoms with van der Waals surface area (Å²) >= 11 is 0. The number of rotatable bonds is 3. The molecule has 2 fully saturated rings. The summed E-state index contributed by atoms with van der Waals surface area (Å²) < 4.78 is 5.43. The van der Waals surface area contributed by atoms with Crippen molar-refractivity contribution < 1.29 is 9.52 Å². The molecule has 5 heteroatoms. The number of aliphatic hydroxyl groups is 1. The van der Waals surface area contributed by atoms with Crippen molar-refractivity contribution in [2.75, 3.05) is 26.2 Å². The molecule has 2 N–H and O–H groups in total. The van der Waals surface area contributed by atoms with Gasteiger partial charge in [-0.25, -0.2) is 4.79 Å². The first-order valence-corrected chi connectivity index (χ1v) is 9.61. The minimum atomic E-state index is -0.284. The van der Waals surface area contributed by atoms with E-state index in [1.807, 2.05) is 13.0 Å². The van der Waals surface area contributed by atoms with Crippen LogP contribution >= 0.6 is 0 Å². The second-order valence-corrected chi connectivity index (χ2v) is 8.14. The van der Waals surface area contributed by atoms with Crippen LogP contribution in [0.2, 0.25) is 0 Å². The molecule has 1 aromatic heterocycles. The van der Waals surface area contributed by atoms with Crippen molar-refractivity contribution >= 4 is 11.0 Å².